The molecule has 8 rings (SSSR count). The van der Waals surface area contributed by atoms with Gasteiger partial charge in [-0.05, 0) is 112 Å². The maximum atomic E-state index is 13.4. The number of nitrogens with one attached hydrogen (secondary N) is 2. The number of rotatable bonds is 16. The van der Waals surface area contributed by atoms with Crippen LogP contribution in [-0.4, -0.2) is 123 Å². The fraction of sp³-hybridized carbons (Fsp3) is 0.447. The highest BCUT2D eigenvalue weighted by Crippen LogP contribution is 2.32. The summed E-state index contributed by atoms with van der Waals surface area (Å²) in [7, 11) is 0. The average Bonchev–Trinajstić information content (AvgIpc) is 3.92. The third-order valence-electron chi connectivity index (χ3n) is 12.7. The Kier molecular flexibility index (Phi) is 13.8. The van der Waals surface area contributed by atoms with Crippen LogP contribution in [0.3, 0.4) is 0 Å². The van der Waals surface area contributed by atoms with Gasteiger partial charge >= 0.3 is 0 Å². The Balaban J connectivity index is 0.702. The fourth-order valence-corrected chi connectivity index (χ4v) is 9.08. The number of fused-ring (bicyclic) bond motifs is 1. The van der Waals surface area contributed by atoms with E-state index < -0.39 is 11.9 Å². The van der Waals surface area contributed by atoms with Crippen LogP contribution in [0, 0.1) is 5.92 Å². The van der Waals surface area contributed by atoms with Gasteiger partial charge in [-0.2, -0.15) is 0 Å². The van der Waals surface area contributed by atoms with Crippen molar-refractivity contribution in [3.8, 4) is 5.69 Å². The Morgan fingerprint density at radius 2 is 1.69 bits per heavy atom. The summed E-state index contributed by atoms with van der Waals surface area (Å²) in [6.45, 7) is 7.39. The van der Waals surface area contributed by atoms with E-state index in [1.165, 1.54) is 0 Å². The smallest absolute Gasteiger partial charge is 0.255 e. The van der Waals surface area contributed by atoms with Gasteiger partial charge in [-0.1, -0.05) is 30.2 Å². The van der Waals surface area contributed by atoms with Gasteiger partial charge in [0.2, 0.25) is 17.7 Å². The van der Waals surface area contributed by atoms with E-state index in [-0.39, 0.29) is 36.6 Å². The van der Waals surface area contributed by atoms with E-state index in [1.54, 1.807) is 40.2 Å². The van der Waals surface area contributed by atoms with Gasteiger partial charge in [-0.15, -0.1) is 5.10 Å². The molecule has 1 atom stereocenters. The maximum Gasteiger partial charge on any atom is 0.255 e. The number of hydrogen-bond acceptors (Lipinski definition) is 10. The molecule has 3 fully saturated rings. The van der Waals surface area contributed by atoms with E-state index in [0.717, 1.165) is 131 Å². The normalized spacial score (nSPS) is 18.7. The number of imide groups is 1. The molecule has 2 aromatic heterocycles. The topological polar surface area (TPSA) is 166 Å². The molecule has 2 aromatic carbocycles. The van der Waals surface area contributed by atoms with Crippen LogP contribution in [0.4, 0.5) is 5.69 Å². The maximum absolute atomic E-state index is 13.4. The van der Waals surface area contributed by atoms with E-state index in [4.69, 9.17) is 0 Å². The first-order chi connectivity index (χ1) is 30.3. The highest BCUT2D eigenvalue weighted by molar-refractivity contribution is 6.05. The molecule has 3 saturated heterocycles. The summed E-state index contributed by atoms with van der Waals surface area (Å²) in [5.41, 5.74) is 5.83. The van der Waals surface area contributed by atoms with Crippen molar-refractivity contribution < 1.29 is 24.0 Å². The van der Waals surface area contributed by atoms with Crippen LogP contribution in [0.25, 0.3) is 11.8 Å². The Hall–Kier alpha value is -6.22. The van der Waals surface area contributed by atoms with Gasteiger partial charge < -0.3 is 20.0 Å². The van der Waals surface area contributed by atoms with Crippen LogP contribution in [0.2, 0.25) is 0 Å². The van der Waals surface area contributed by atoms with Crippen molar-refractivity contribution in [1.82, 2.24) is 45.3 Å². The number of likely N-dealkylation sites (tertiary alicyclic amines) is 1. The van der Waals surface area contributed by atoms with Crippen molar-refractivity contribution in [2.75, 3.05) is 57.3 Å². The van der Waals surface area contributed by atoms with Gasteiger partial charge in [0.05, 0.1) is 17.6 Å². The molecule has 1 unspecified atom stereocenters. The van der Waals surface area contributed by atoms with Crippen LogP contribution in [0.1, 0.15) is 95.3 Å². The number of benzene rings is 2. The first-order valence-corrected chi connectivity index (χ1v) is 22.2. The van der Waals surface area contributed by atoms with Crippen LogP contribution in [0.15, 0.2) is 79.3 Å². The molecule has 4 aliphatic rings. The lowest BCUT2D eigenvalue weighted by atomic mass is 9.91. The van der Waals surface area contributed by atoms with E-state index >= 15 is 0 Å². The molecule has 2 N–H and O–H groups in total. The molecule has 4 aromatic rings. The quantitative estimate of drug-likeness (QED) is 0.0938. The van der Waals surface area contributed by atoms with Gasteiger partial charge in [0.1, 0.15) is 6.04 Å². The van der Waals surface area contributed by atoms with E-state index in [1.807, 2.05) is 47.5 Å². The number of aryl methyl sites for hydroxylation is 1. The van der Waals surface area contributed by atoms with E-state index in [0.29, 0.717) is 24.4 Å². The van der Waals surface area contributed by atoms with Crippen molar-refractivity contribution in [3.05, 3.63) is 107 Å². The second-order valence-electron chi connectivity index (χ2n) is 16.8. The molecule has 0 radical (unpaired) electrons. The molecule has 0 saturated carbocycles. The zero-order chi connectivity index (χ0) is 42.8. The van der Waals surface area contributed by atoms with Crippen molar-refractivity contribution in [2.24, 2.45) is 5.92 Å². The first-order valence-electron chi connectivity index (χ1n) is 22.2. The molecule has 324 valence electrons. The predicted molar refractivity (Wildman–Crippen MR) is 234 cm³/mol. The van der Waals surface area contributed by atoms with Crippen LogP contribution in [-0.2, 0) is 27.3 Å². The van der Waals surface area contributed by atoms with Crippen molar-refractivity contribution in [1.29, 1.82) is 0 Å². The van der Waals surface area contributed by atoms with Gasteiger partial charge in [0.15, 0.2) is 0 Å². The molecule has 4 aliphatic heterocycles. The predicted octanol–water partition coefficient (Wildman–Crippen LogP) is 4.42. The molecule has 5 amide bonds. The summed E-state index contributed by atoms with van der Waals surface area (Å²) >= 11 is 0. The first kappa shape index (κ1) is 42.5. The highest BCUT2D eigenvalue weighted by Gasteiger charge is 2.40. The molecular weight excluding hydrogens is 785 g/mol. The van der Waals surface area contributed by atoms with Crippen LogP contribution in [0.5, 0.6) is 0 Å². The van der Waals surface area contributed by atoms with Gasteiger partial charge in [-0.3, -0.25) is 39.2 Å². The molecule has 15 nitrogen and oxygen atoms in total. The minimum atomic E-state index is -0.663. The molecular formula is C47H56N10O5. The van der Waals surface area contributed by atoms with E-state index in [9.17, 15) is 24.0 Å². The summed E-state index contributed by atoms with van der Waals surface area (Å²) in [6.07, 6.45) is 17.2. The molecule has 6 heterocycles. The lowest BCUT2D eigenvalue weighted by Gasteiger charge is -2.36. The monoisotopic (exact) mass is 840 g/mol. The third-order valence-corrected chi connectivity index (χ3v) is 12.7. The molecule has 0 aliphatic carbocycles. The van der Waals surface area contributed by atoms with Crippen LogP contribution >= 0.6 is 0 Å². The SMILES string of the molecule is O=C(/C=C/c1cccnc1)NCCCCC1CCN(C(=O)c2ccc(N3CCN(CCCCc4cn(-c5cccc6c5CN(C5CCC(=O)NC5=O)C6=O)nn4)CC3)cc2)CC1. The number of amides is 5. The number of pyridine rings is 1. The van der Waals surface area contributed by atoms with Gasteiger partial charge in [-0.25, -0.2) is 4.68 Å². The summed E-state index contributed by atoms with van der Waals surface area (Å²) in [6, 6.07) is 16.7. The van der Waals surface area contributed by atoms with E-state index in [2.05, 4.69) is 47.9 Å². The molecule has 15 heteroatoms. The fourth-order valence-electron chi connectivity index (χ4n) is 9.08. The minimum absolute atomic E-state index is 0.0865. The average molecular weight is 841 g/mol. The Bertz CT molecular complexity index is 2240. The number of carbonyl (C=O) groups is 5. The number of aromatic nitrogens is 4. The van der Waals surface area contributed by atoms with Crippen molar-refractivity contribution in [3.63, 3.8) is 0 Å². The zero-order valence-electron chi connectivity index (χ0n) is 35.3. The number of carbonyl (C=O) groups excluding carboxylic acids is 5. The molecule has 62 heavy (non-hydrogen) atoms. The number of piperidine rings is 2. The number of anilines is 1. The molecule has 0 spiro atoms. The second-order valence-corrected chi connectivity index (χ2v) is 16.8. The summed E-state index contributed by atoms with van der Waals surface area (Å²) in [5.74, 6) is -0.292. The van der Waals surface area contributed by atoms with Crippen molar-refractivity contribution >= 4 is 41.3 Å². The third kappa shape index (κ3) is 10.4. The largest absolute Gasteiger partial charge is 0.369 e. The highest BCUT2D eigenvalue weighted by atomic mass is 16.2. The molecule has 0 bridgehead atoms. The number of piperazine rings is 1. The Morgan fingerprint density at radius 1 is 0.871 bits per heavy atom. The minimum Gasteiger partial charge on any atom is -0.369 e. The lowest BCUT2D eigenvalue weighted by molar-refractivity contribution is -0.137. The summed E-state index contributed by atoms with van der Waals surface area (Å²) in [4.78, 5) is 75.4. The van der Waals surface area contributed by atoms with Crippen molar-refractivity contribution in [2.45, 2.75) is 76.8 Å². The number of nitrogens with zero attached hydrogens (tertiary/aromatic N) is 8. The zero-order valence-corrected chi connectivity index (χ0v) is 35.3. The van der Waals surface area contributed by atoms with Gasteiger partial charge in [0, 0.05) is 99.6 Å². The summed E-state index contributed by atoms with van der Waals surface area (Å²) in [5, 5.41) is 14.1. The number of hydrogen-bond donors (Lipinski definition) is 2. The Morgan fingerprint density at radius 3 is 2.47 bits per heavy atom. The Labute approximate surface area is 362 Å². The number of unbranched alkanes of at least 4 members (excludes halogenated alkanes) is 2. The summed E-state index contributed by atoms with van der Waals surface area (Å²) < 4.78 is 1.72. The second kappa shape index (κ2) is 20.1. The van der Waals surface area contributed by atoms with Crippen LogP contribution < -0.4 is 15.5 Å². The van der Waals surface area contributed by atoms with Gasteiger partial charge in [0.25, 0.3) is 11.8 Å². The standard InChI is InChI=1S/C47H56N10O5/c58-43(18-12-35-8-6-22-48-31-35)49-23-3-1-7-34-20-25-55(26-21-34)46(61)36-13-15-38(16-14-36)54-29-27-53(28-30-54)24-4-2-9-37-32-57(52-51-37)41-11-5-10-39-40(41)33-56(47(39)62)42-17-19-44(59)50-45(42)60/h5-6,8,10-16,18,22,31-32,34,42H,1-4,7,9,17,19-21,23-30,33H2,(H,49,58)(H,50,59,60)/b18-12+. The lowest BCUT2D eigenvalue weighted by Crippen LogP contribution is -2.52.